The number of hydrogen-bond acceptors (Lipinski definition) is 4. The molecule has 0 aliphatic carbocycles. The molecule has 1 aromatic heterocycles. The van der Waals surface area contributed by atoms with E-state index < -0.39 is 0 Å². The number of nitrogens with one attached hydrogen (secondary N) is 1. The lowest BCUT2D eigenvalue weighted by atomic mass is 10.1. The minimum absolute atomic E-state index is 0.0207. The lowest BCUT2D eigenvalue weighted by Gasteiger charge is -2.30. The average Bonchev–Trinajstić information content (AvgIpc) is 3.22. The summed E-state index contributed by atoms with van der Waals surface area (Å²) < 4.78 is 0. The summed E-state index contributed by atoms with van der Waals surface area (Å²) in [5, 5.41) is 8.36. The van der Waals surface area contributed by atoms with Crippen molar-refractivity contribution in [3.8, 4) is 0 Å². The van der Waals surface area contributed by atoms with Crippen molar-refractivity contribution in [2.45, 2.75) is 13.0 Å². The van der Waals surface area contributed by atoms with Gasteiger partial charge in [-0.25, -0.2) is 0 Å². The van der Waals surface area contributed by atoms with Crippen molar-refractivity contribution in [3.63, 3.8) is 0 Å². The molecule has 23 heavy (non-hydrogen) atoms. The molecule has 2 heterocycles. The molecule has 6 heteroatoms. The predicted molar refractivity (Wildman–Crippen MR) is 90.8 cm³/mol. The number of rotatable bonds is 5. The third-order valence-corrected chi connectivity index (χ3v) is 4.86. The van der Waals surface area contributed by atoms with Crippen LogP contribution in [-0.4, -0.2) is 30.4 Å². The highest BCUT2D eigenvalue weighted by Gasteiger charge is 2.36. The highest BCUT2D eigenvalue weighted by molar-refractivity contribution is 7.09. The molecule has 0 radical (unpaired) electrons. The molecule has 1 unspecified atom stereocenters. The van der Waals surface area contributed by atoms with Crippen molar-refractivity contribution in [1.29, 1.82) is 0 Å². The summed E-state index contributed by atoms with van der Waals surface area (Å²) in [5.74, 6) is -0.378. The van der Waals surface area contributed by atoms with Gasteiger partial charge in [-0.1, -0.05) is 24.3 Å². The fraction of sp³-hybridized carbons (Fsp3) is 0.294. The molecular weight excluding hydrogens is 310 g/mol. The van der Waals surface area contributed by atoms with Gasteiger partial charge in [0.25, 0.3) is 0 Å². The molecule has 0 saturated carbocycles. The molecule has 5 nitrogen and oxygen atoms in total. The van der Waals surface area contributed by atoms with Gasteiger partial charge in [-0.3, -0.25) is 19.6 Å². The van der Waals surface area contributed by atoms with Crippen molar-refractivity contribution < 1.29 is 9.59 Å². The average molecular weight is 329 g/mol. The van der Waals surface area contributed by atoms with E-state index in [0.29, 0.717) is 13.1 Å². The molecule has 120 valence electrons. The molecule has 2 aromatic rings. The largest absolute Gasteiger partial charge is 0.351 e. The minimum Gasteiger partial charge on any atom is -0.351 e. The van der Waals surface area contributed by atoms with E-state index in [0.717, 1.165) is 10.6 Å². The fourth-order valence-electron chi connectivity index (χ4n) is 2.67. The van der Waals surface area contributed by atoms with Gasteiger partial charge in [0.15, 0.2) is 0 Å². The summed E-state index contributed by atoms with van der Waals surface area (Å²) in [5.41, 5.74) is 0.931. The second kappa shape index (κ2) is 6.83. The molecule has 0 bridgehead atoms. The van der Waals surface area contributed by atoms with Crippen molar-refractivity contribution in [3.05, 3.63) is 52.7 Å². The first-order chi connectivity index (χ1) is 11.1. The van der Waals surface area contributed by atoms with Crippen LogP contribution >= 0.6 is 11.3 Å². The lowest BCUT2D eigenvalue weighted by Crippen LogP contribution is -2.42. The summed E-state index contributed by atoms with van der Waals surface area (Å²) in [4.78, 5) is 25.6. The SMILES string of the molecule is CN(c1ccccc1)N1CC(C(=O)NCc2cccs2)CC1=O. The number of anilines is 1. The maximum absolute atomic E-state index is 12.3. The number of para-hydroxylation sites is 1. The molecule has 1 saturated heterocycles. The van der Waals surface area contributed by atoms with E-state index >= 15 is 0 Å². The molecule has 1 aliphatic heterocycles. The first kappa shape index (κ1) is 15.6. The van der Waals surface area contributed by atoms with Crippen LogP contribution in [0.3, 0.4) is 0 Å². The molecule has 1 aromatic carbocycles. The van der Waals surface area contributed by atoms with Crippen LogP contribution in [0.1, 0.15) is 11.3 Å². The van der Waals surface area contributed by atoms with E-state index in [1.807, 2.05) is 59.9 Å². The van der Waals surface area contributed by atoms with E-state index in [1.165, 1.54) is 0 Å². The summed E-state index contributed by atoms with van der Waals surface area (Å²) in [7, 11) is 1.85. The second-order valence-corrected chi connectivity index (χ2v) is 6.57. The third-order valence-electron chi connectivity index (χ3n) is 3.98. The van der Waals surface area contributed by atoms with E-state index in [2.05, 4.69) is 5.32 Å². The number of carbonyl (C=O) groups is 2. The van der Waals surface area contributed by atoms with Crippen molar-refractivity contribution in [1.82, 2.24) is 10.3 Å². The van der Waals surface area contributed by atoms with Crippen LogP contribution in [0.4, 0.5) is 5.69 Å². The van der Waals surface area contributed by atoms with Gasteiger partial charge >= 0.3 is 0 Å². The summed E-state index contributed by atoms with van der Waals surface area (Å²) in [6, 6.07) is 13.6. The minimum atomic E-state index is -0.298. The number of nitrogens with zero attached hydrogens (tertiary/aromatic N) is 2. The van der Waals surface area contributed by atoms with Crippen LogP contribution in [0.2, 0.25) is 0 Å². The van der Waals surface area contributed by atoms with Gasteiger partial charge in [-0.05, 0) is 23.6 Å². The Morgan fingerprint density at radius 1 is 1.30 bits per heavy atom. The number of carbonyl (C=O) groups excluding carboxylic acids is 2. The predicted octanol–water partition coefficient (Wildman–Crippen LogP) is 2.26. The van der Waals surface area contributed by atoms with E-state index in [-0.39, 0.29) is 24.2 Å². The summed E-state index contributed by atoms with van der Waals surface area (Å²) >= 11 is 1.61. The monoisotopic (exact) mass is 329 g/mol. The maximum atomic E-state index is 12.3. The molecule has 3 rings (SSSR count). The number of benzene rings is 1. The van der Waals surface area contributed by atoms with E-state index in [1.54, 1.807) is 16.3 Å². The molecule has 1 fully saturated rings. The van der Waals surface area contributed by atoms with Crippen molar-refractivity contribution in [2.24, 2.45) is 5.92 Å². The van der Waals surface area contributed by atoms with Gasteiger partial charge < -0.3 is 5.32 Å². The van der Waals surface area contributed by atoms with Gasteiger partial charge in [-0.2, -0.15) is 0 Å². The standard InChI is InChI=1S/C17H19N3O2S/c1-19(14-6-3-2-4-7-14)20-12-13(10-16(20)21)17(22)18-11-15-8-5-9-23-15/h2-9,13H,10-12H2,1H3,(H,18,22). The number of amides is 2. The van der Waals surface area contributed by atoms with Gasteiger partial charge in [0.05, 0.1) is 24.7 Å². The molecule has 1 atom stereocenters. The zero-order chi connectivity index (χ0) is 16.2. The van der Waals surface area contributed by atoms with E-state index in [4.69, 9.17) is 0 Å². The molecule has 2 amide bonds. The fourth-order valence-corrected chi connectivity index (χ4v) is 3.32. The van der Waals surface area contributed by atoms with Crippen LogP contribution in [0.25, 0.3) is 0 Å². The first-order valence-electron chi connectivity index (χ1n) is 7.54. The van der Waals surface area contributed by atoms with Crippen LogP contribution in [0.15, 0.2) is 47.8 Å². The lowest BCUT2D eigenvalue weighted by molar-refractivity contribution is -0.129. The third kappa shape index (κ3) is 3.53. The topological polar surface area (TPSA) is 52.6 Å². The quantitative estimate of drug-likeness (QED) is 0.915. The highest BCUT2D eigenvalue weighted by atomic mass is 32.1. The first-order valence-corrected chi connectivity index (χ1v) is 8.42. The Kier molecular flexibility index (Phi) is 4.62. The summed E-state index contributed by atoms with van der Waals surface area (Å²) in [6.07, 6.45) is 0.257. The smallest absolute Gasteiger partial charge is 0.241 e. The highest BCUT2D eigenvalue weighted by Crippen LogP contribution is 2.23. The van der Waals surface area contributed by atoms with Crippen LogP contribution in [0.5, 0.6) is 0 Å². The molecule has 0 spiro atoms. The van der Waals surface area contributed by atoms with Gasteiger partial charge in [0.1, 0.15) is 0 Å². The number of hydrogen-bond donors (Lipinski definition) is 1. The normalized spacial score (nSPS) is 17.3. The van der Waals surface area contributed by atoms with Gasteiger partial charge in [0.2, 0.25) is 11.8 Å². The number of thiophene rings is 1. The molecular formula is C17H19N3O2S. The number of hydrazine groups is 1. The zero-order valence-electron chi connectivity index (χ0n) is 12.9. The Balaban J connectivity index is 1.59. The van der Waals surface area contributed by atoms with Crippen LogP contribution < -0.4 is 10.3 Å². The zero-order valence-corrected chi connectivity index (χ0v) is 13.8. The Labute approximate surface area is 139 Å². The van der Waals surface area contributed by atoms with Gasteiger partial charge in [-0.15, -0.1) is 11.3 Å². The molecule has 1 N–H and O–H groups in total. The second-order valence-electron chi connectivity index (χ2n) is 5.53. The van der Waals surface area contributed by atoms with Crippen molar-refractivity contribution in [2.75, 3.05) is 18.6 Å². The Bertz CT molecular complexity index is 672. The van der Waals surface area contributed by atoms with Crippen LogP contribution in [0, 0.1) is 5.92 Å². The Morgan fingerprint density at radius 3 is 2.78 bits per heavy atom. The van der Waals surface area contributed by atoms with E-state index in [9.17, 15) is 9.59 Å². The Morgan fingerprint density at radius 2 is 2.09 bits per heavy atom. The van der Waals surface area contributed by atoms with Crippen LogP contribution in [-0.2, 0) is 16.1 Å². The van der Waals surface area contributed by atoms with Crippen molar-refractivity contribution >= 4 is 28.8 Å². The molecule has 1 aliphatic rings. The summed E-state index contributed by atoms with van der Waals surface area (Å²) in [6.45, 7) is 0.941. The maximum Gasteiger partial charge on any atom is 0.241 e. The Hall–Kier alpha value is -2.34. The van der Waals surface area contributed by atoms with Gasteiger partial charge in [0, 0.05) is 18.3 Å².